The van der Waals surface area contributed by atoms with Crippen LogP contribution in [0.3, 0.4) is 0 Å². The largest absolute Gasteiger partial charge is 0.472 e. The van der Waals surface area contributed by atoms with Gasteiger partial charge >= 0.3 is 0 Å². The molecule has 0 saturated carbocycles. The van der Waals surface area contributed by atoms with E-state index < -0.39 is 0 Å². The van der Waals surface area contributed by atoms with Crippen molar-refractivity contribution >= 4 is 11.6 Å². The Morgan fingerprint density at radius 2 is 1.93 bits per heavy atom. The van der Waals surface area contributed by atoms with E-state index >= 15 is 0 Å². The summed E-state index contributed by atoms with van der Waals surface area (Å²) in [5.74, 6) is 0. The van der Waals surface area contributed by atoms with E-state index in [0.29, 0.717) is 0 Å². The van der Waals surface area contributed by atoms with Crippen molar-refractivity contribution in [3.05, 3.63) is 60.1 Å². The summed E-state index contributed by atoms with van der Waals surface area (Å²) in [7, 11) is 0. The number of benzene rings is 1. The van der Waals surface area contributed by atoms with Gasteiger partial charge in [-0.2, -0.15) is 0 Å². The third-order valence-corrected chi connectivity index (χ3v) is 2.57. The van der Waals surface area contributed by atoms with Gasteiger partial charge in [0.1, 0.15) is 0 Å². The van der Waals surface area contributed by atoms with Crippen LogP contribution < -0.4 is 0 Å². The maximum Gasteiger partial charge on any atom is 0.0949 e. The number of hydrogen-bond acceptors (Lipinski definition) is 1. The highest BCUT2D eigenvalue weighted by Gasteiger charge is 2.09. The van der Waals surface area contributed by atoms with Crippen LogP contribution in [0.1, 0.15) is 16.5 Å². The van der Waals surface area contributed by atoms with Crippen LogP contribution in [-0.2, 0) is 6.42 Å². The zero-order valence-corrected chi connectivity index (χ0v) is 8.45. The molecule has 1 aromatic heterocycles. The van der Waals surface area contributed by atoms with Gasteiger partial charge in [0.25, 0.3) is 0 Å². The molecule has 72 valence electrons. The number of furan rings is 1. The maximum atomic E-state index is 6.22. The topological polar surface area (TPSA) is 13.1 Å². The molecule has 0 bridgehead atoms. The Kier molecular flexibility index (Phi) is 2.90. The van der Waals surface area contributed by atoms with Crippen molar-refractivity contribution in [1.82, 2.24) is 0 Å². The zero-order chi connectivity index (χ0) is 9.80. The summed E-state index contributed by atoms with van der Waals surface area (Å²) in [5.41, 5.74) is 2.28. The van der Waals surface area contributed by atoms with Crippen LogP contribution in [-0.4, -0.2) is 0 Å². The number of hydrogen-bond donors (Lipinski definition) is 0. The molecular formula is C12H11ClO. The van der Waals surface area contributed by atoms with Gasteiger partial charge in [-0.3, -0.25) is 0 Å². The van der Waals surface area contributed by atoms with Gasteiger partial charge in [0.05, 0.1) is 17.9 Å². The quantitative estimate of drug-likeness (QED) is 0.697. The van der Waals surface area contributed by atoms with Crippen molar-refractivity contribution in [1.29, 1.82) is 0 Å². The molecule has 0 saturated heterocycles. The normalized spacial score (nSPS) is 12.6. The van der Waals surface area contributed by atoms with E-state index in [4.69, 9.17) is 16.0 Å². The van der Waals surface area contributed by atoms with Crippen LogP contribution in [0, 0.1) is 0 Å². The molecule has 0 aliphatic heterocycles. The first-order valence-corrected chi connectivity index (χ1v) is 5.00. The average Bonchev–Trinajstić information content (AvgIpc) is 2.72. The summed E-state index contributed by atoms with van der Waals surface area (Å²) in [4.78, 5) is 0. The molecule has 1 atom stereocenters. The second-order valence-electron chi connectivity index (χ2n) is 3.21. The standard InChI is InChI=1S/C12H11ClO/c13-12(11-6-7-14-9-11)8-10-4-2-1-3-5-10/h1-7,9,12H,8H2. The molecule has 14 heavy (non-hydrogen) atoms. The molecule has 0 aliphatic carbocycles. The lowest BCUT2D eigenvalue weighted by atomic mass is 10.1. The first-order valence-electron chi connectivity index (χ1n) is 4.56. The molecule has 1 unspecified atom stereocenters. The average molecular weight is 207 g/mol. The highest BCUT2D eigenvalue weighted by molar-refractivity contribution is 6.20. The van der Waals surface area contributed by atoms with E-state index in [2.05, 4.69) is 12.1 Å². The first kappa shape index (κ1) is 9.35. The minimum absolute atomic E-state index is 0.00356. The van der Waals surface area contributed by atoms with E-state index in [1.54, 1.807) is 12.5 Å². The van der Waals surface area contributed by atoms with E-state index in [-0.39, 0.29) is 5.38 Å². The molecule has 2 rings (SSSR count). The monoisotopic (exact) mass is 206 g/mol. The lowest BCUT2D eigenvalue weighted by molar-refractivity contribution is 0.563. The highest BCUT2D eigenvalue weighted by atomic mass is 35.5. The van der Waals surface area contributed by atoms with Gasteiger partial charge in [0.15, 0.2) is 0 Å². The van der Waals surface area contributed by atoms with E-state index in [1.165, 1.54) is 5.56 Å². The molecule has 2 heteroatoms. The van der Waals surface area contributed by atoms with Crippen molar-refractivity contribution in [3.63, 3.8) is 0 Å². The van der Waals surface area contributed by atoms with Gasteiger partial charge in [-0.1, -0.05) is 30.3 Å². The Labute approximate surface area is 88.3 Å². The second-order valence-corrected chi connectivity index (χ2v) is 3.74. The number of halogens is 1. The summed E-state index contributed by atoms with van der Waals surface area (Å²) in [6, 6.07) is 12.1. The lowest BCUT2D eigenvalue weighted by Crippen LogP contribution is -1.93. The van der Waals surface area contributed by atoms with Crippen LogP contribution >= 0.6 is 11.6 Å². The van der Waals surface area contributed by atoms with Crippen molar-refractivity contribution < 1.29 is 4.42 Å². The maximum absolute atomic E-state index is 6.22. The Bertz CT molecular complexity index is 366. The zero-order valence-electron chi connectivity index (χ0n) is 7.69. The van der Waals surface area contributed by atoms with Crippen LogP contribution in [0.5, 0.6) is 0 Å². The third-order valence-electron chi connectivity index (χ3n) is 2.16. The summed E-state index contributed by atoms with van der Waals surface area (Å²) < 4.78 is 4.99. The van der Waals surface area contributed by atoms with Crippen molar-refractivity contribution in [2.45, 2.75) is 11.8 Å². The Morgan fingerprint density at radius 1 is 1.14 bits per heavy atom. The minimum Gasteiger partial charge on any atom is -0.472 e. The number of rotatable bonds is 3. The Morgan fingerprint density at radius 3 is 2.57 bits per heavy atom. The van der Waals surface area contributed by atoms with Crippen LogP contribution in [0.2, 0.25) is 0 Å². The molecule has 0 amide bonds. The van der Waals surface area contributed by atoms with E-state index in [0.717, 1.165) is 12.0 Å². The molecule has 0 fully saturated rings. The Balaban J connectivity index is 2.06. The van der Waals surface area contributed by atoms with Gasteiger partial charge in [0.2, 0.25) is 0 Å². The van der Waals surface area contributed by atoms with Gasteiger partial charge < -0.3 is 4.42 Å². The summed E-state index contributed by atoms with van der Waals surface area (Å²) >= 11 is 6.22. The smallest absolute Gasteiger partial charge is 0.0949 e. The SMILES string of the molecule is ClC(Cc1ccccc1)c1ccoc1. The number of alkyl halides is 1. The highest BCUT2D eigenvalue weighted by Crippen LogP contribution is 2.24. The first-order chi connectivity index (χ1) is 6.86. The summed E-state index contributed by atoms with van der Waals surface area (Å²) in [6.45, 7) is 0. The van der Waals surface area contributed by atoms with E-state index in [9.17, 15) is 0 Å². The molecule has 0 radical (unpaired) electrons. The van der Waals surface area contributed by atoms with Crippen molar-refractivity contribution in [2.75, 3.05) is 0 Å². The Hall–Kier alpha value is -1.21. The minimum atomic E-state index is -0.00356. The molecule has 1 heterocycles. The lowest BCUT2D eigenvalue weighted by Gasteiger charge is -2.06. The molecule has 0 spiro atoms. The predicted molar refractivity (Wildman–Crippen MR) is 57.4 cm³/mol. The summed E-state index contributed by atoms with van der Waals surface area (Å²) in [6.07, 6.45) is 4.18. The fraction of sp³-hybridized carbons (Fsp3) is 0.167. The molecule has 0 N–H and O–H groups in total. The second kappa shape index (κ2) is 4.34. The van der Waals surface area contributed by atoms with Crippen molar-refractivity contribution in [3.8, 4) is 0 Å². The van der Waals surface area contributed by atoms with Crippen LogP contribution in [0.15, 0.2) is 53.3 Å². The van der Waals surface area contributed by atoms with Crippen LogP contribution in [0.4, 0.5) is 0 Å². The van der Waals surface area contributed by atoms with Crippen molar-refractivity contribution in [2.24, 2.45) is 0 Å². The predicted octanol–water partition coefficient (Wildman–Crippen LogP) is 3.80. The molecule has 1 aromatic carbocycles. The third kappa shape index (κ3) is 2.18. The van der Waals surface area contributed by atoms with Crippen LogP contribution in [0.25, 0.3) is 0 Å². The molecule has 0 aliphatic rings. The molecule has 1 nitrogen and oxygen atoms in total. The fourth-order valence-corrected chi connectivity index (χ4v) is 1.69. The van der Waals surface area contributed by atoms with Gasteiger partial charge in [-0.25, -0.2) is 0 Å². The van der Waals surface area contributed by atoms with Gasteiger partial charge in [-0.05, 0) is 18.1 Å². The van der Waals surface area contributed by atoms with Gasteiger partial charge in [-0.15, -0.1) is 11.6 Å². The van der Waals surface area contributed by atoms with Gasteiger partial charge in [0, 0.05) is 5.56 Å². The molecule has 2 aromatic rings. The summed E-state index contributed by atoms with van der Waals surface area (Å²) in [5, 5.41) is -0.00356. The van der Waals surface area contributed by atoms with E-state index in [1.807, 2.05) is 24.3 Å². The molecular weight excluding hydrogens is 196 g/mol. The fourth-order valence-electron chi connectivity index (χ4n) is 1.39.